The molecule has 0 aromatic heterocycles. The van der Waals surface area contributed by atoms with E-state index in [9.17, 15) is 19.2 Å². The molecule has 0 unspecified atom stereocenters. The fraction of sp³-hybridized carbons (Fsp3) is 0.360. The van der Waals surface area contributed by atoms with Gasteiger partial charge < -0.3 is 15.8 Å². The highest BCUT2D eigenvalue weighted by atomic mass is 16.5. The van der Waals surface area contributed by atoms with Gasteiger partial charge in [0.25, 0.3) is 0 Å². The van der Waals surface area contributed by atoms with Gasteiger partial charge in [0, 0.05) is 23.7 Å². The van der Waals surface area contributed by atoms with Crippen LogP contribution in [0.3, 0.4) is 0 Å². The van der Waals surface area contributed by atoms with E-state index in [4.69, 9.17) is 10.5 Å². The average molecular weight is 463 g/mol. The lowest BCUT2D eigenvalue weighted by atomic mass is 9.76. The van der Waals surface area contributed by atoms with Crippen LogP contribution in [0.1, 0.15) is 29.5 Å². The maximum Gasteiger partial charge on any atom is 0.250 e. The third kappa shape index (κ3) is 3.11. The van der Waals surface area contributed by atoms with Crippen LogP contribution >= 0.6 is 0 Å². The van der Waals surface area contributed by atoms with Crippen LogP contribution < -0.4 is 21.1 Å². The molecule has 4 N–H and O–H groups in total. The largest absolute Gasteiger partial charge is 0.497 e. The minimum Gasteiger partial charge on any atom is -0.497 e. The molecule has 5 rings (SSSR count). The van der Waals surface area contributed by atoms with E-state index in [-0.39, 0.29) is 31.2 Å². The van der Waals surface area contributed by atoms with Crippen LogP contribution in [0.25, 0.3) is 0 Å². The Bertz CT molecular complexity index is 1210. The number of imide groups is 1. The highest BCUT2D eigenvalue weighted by Crippen LogP contribution is 2.54. The van der Waals surface area contributed by atoms with Crippen molar-refractivity contribution >= 4 is 29.3 Å². The number of likely N-dealkylation sites (tertiary alicyclic amines) is 1. The van der Waals surface area contributed by atoms with Crippen LogP contribution in [0.5, 0.6) is 5.75 Å². The number of fused-ring (bicyclic) bond motifs is 4. The molecule has 2 saturated heterocycles. The van der Waals surface area contributed by atoms with E-state index in [1.54, 1.807) is 31.4 Å². The van der Waals surface area contributed by atoms with E-state index in [0.29, 0.717) is 17.0 Å². The van der Waals surface area contributed by atoms with Gasteiger partial charge in [-0.1, -0.05) is 30.3 Å². The third-order valence-corrected chi connectivity index (χ3v) is 7.25. The molecule has 0 saturated carbocycles. The number of ether oxygens (including phenoxy) is 1. The summed E-state index contributed by atoms with van der Waals surface area (Å²) in [5.41, 5.74) is 6.94. The lowest BCUT2D eigenvalue weighted by Crippen LogP contribution is -2.53. The van der Waals surface area contributed by atoms with Gasteiger partial charge in [-0.3, -0.25) is 29.4 Å². The van der Waals surface area contributed by atoms with Crippen molar-refractivity contribution in [3.8, 4) is 5.75 Å². The number of hydrogen-bond acceptors (Lipinski definition) is 6. The fourth-order valence-corrected chi connectivity index (χ4v) is 5.65. The number of primary amides is 1. The van der Waals surface area contributed by atoms with Crippen molar-refractivity contribution in [3.63, 3.8) is 0 Å². The molecule has 9 heteroatoms. The number of hydrogen-bond donors (Lipinski definition) is 3. The molecule has 2 aromatic rings. The Kier molecular flexibility index (Phi) is 5.16. The van der Waals surface area contributed by atoms with E-state index in [0.717, 1.165) is 11.1 Å². The van der Waals surface area contributed by atoms with Crippen LogP contribution in [0.4, 0.5) is 5.69 Å². The molecule has 0 bridgehead atoms. The Labute approximate surface area is 196 Å². The number of rotatable bonds is 6. The van der Waals surface area contributed by atoms with Crippen LogP contribution in [-0.4, -0.2) is 41.7 Å². The Hall–Kier alpha value is -3.72. The molecular weight excluding hydrogens is 436 g/mol. The van der Waals surface area contributed by atoms with E-state index in [2.05, 4.69) is 10.6 Å². The second kappa shape index (κ2) is 7.95. The zero-order valence-corrected chi connectivity index (χ0v) is 19.0. The van der Waals surface area contributed by atoms with Crippen molar-refractivity contribution in [1.29, 1.82) is 0 Å². The maximum atomic E-state index is 13.8. The molecule has 0 aliphatic carbocycles. The van der Waals surface area contributed by atoms with Gasteiger partial charge in [-0.25, -0.2) is 0 Å². The second-order valence-electron chi connectivity index (χ2n) is 9.13. The normalized spacial score (nSPS) is 27.2. The van der Waals surface area contributed by atoms with Crippen molar-refractivity contribution in [2.75, 3.05) is 12.4 Å². The van der Waals surface area contributed by atoms with Gasteiger partial charge in [0.05, 0.1) is 25.5 Å². The summed E-state index contributed by atoms with van der Waals surface area (Å²) in [4.78, 5) is 53.6. The molecule has 1 spiro atoms. The quantitative estimate of drug-likeness (QED) is 0.553. The Morgan fingerprint density at radius 1 is 1.12 bits per heavy atom. The molecule has 2 fully saturated rings. The molecule has 34 heavy (non-hydrogen) atoms. The number of nitrogens with two attached hydrogens (primary N) is 1. The first kappa shape index (κ1) is 22.1. The number of nitrogens with zero attached hydrogens (tertiary/aromatic N) is 1. The number of nitrogens with one attached hydrogen (secondary N) is 2. The smallest absolute Gasteiger partial charge is 0.250 e. The van der Waals surface area contributed by atoms with Gasteiger partial charge in [-0.15, -0.1) is 0 Å². The van der Waals surface area contributed by atoms with Gasteiger partial charge >= 0.3 is 0 Å². The summed E-state index contributed by atoms with van der Waals surface area (Å²) < 4.78 is 5.18. The van der Waals surface area contributed by atoms with E-state index in [1.165, 1.54) is 4.90 Å². The lowest BCUT2D eigenvalue weighted by molar-refractivity contribution is -0.143. The molecule has 3 aliphatic rings. The predicted octanol–water partition coefficient (Wildman–Crippen LogP) is 1.19. The topological polar surface area (TPSA) is 131 Å². The van der Waals surface area contributed by atoms with Crippen molar-refractivity contribution in [3.05, 3.63) is 59.2 Å². The maximum absolute atomic E-state index is 13.8. The molecule has 3 aliphatic heterocycles. The summed E-state index contributed by atoms with van der Waals surface area (Å²) in [5.74, 6) is -2.63. The minimum absolute atomic E-state index is 0.0409. The number of methoxy groups -OCH3 is 1. The second-order valence-corrected chi connectivity index (χ2v) is 9.13. The molecule has 4 atom stereocenters. The van der Waals surface area contributed by atoms with Gasteiger partial charge in [0.1, 0.15) is 11.3 Å². The highest BCUT2D eigenvalue weighted by Gasteiger charge is 2.70. The summed E-state index contributed by atoms with van der Waals surface area (Å²) in [6.07, 6.45) is 0.293. The fourth-order valence-electron chi connectivity index (χ4n) is 5.65. The summed E-state index contributed by atoms with van der Waals surface area (Å²) in [5, 5.41) is 6.23. The standard InChI is InChI=1S/C25H26N4O5/c1-13-4-3-5-16-21(13)27-24(33)25(16)20-19(17(28-25)10-11-18(26)30)22(31)29(23(20)32)12-14-6-8-15(34-2)9-7-14/h3-9,17,19-20,28H,10-12H2,1-2H3,(H2,26,30)(H,27,33)/t17-,19+,20-,25-/m0/s1. The molecule has 2 aromatic carbocycles. The number of aryl methyl sites for hydroxylation is 1. The van der Waals surface area contributed by atoms with Crippen molar-refractivity contribution < 1.29 is 23.9 Å². The van der Waals surface area contributed by atoms with Gasteiger partial charge in [0.15, 0.2) is 0 Å². The van der Waals surface area contributed by atoms with Crippen molar-refractivity contribution in [2.45, 2.75) is 37.9 Å². The zero-order valence-electron chi connectivity index (χ0n) is 19.0. The van der Waals surface area contributed by atoms with E-state index >= 15 is 0 Å². The molecule has 9 nitrogen and oxygen atoms in total. The number of benzene rings is 2. The number of para-hydroxylation sites is 1. The van der Waals surface area contributed by atoms with Crippen LogP contribution in [0, 0.1) is 18.8 Å². The summed E-state index contributed by atoms with van der Waals surface area (Å²) in [7, 11) is 1.56. The molecule has 176 valence electrons. The molecule has 3 heterocycles. The molecule has 4 amide bonds. The monoisotopic (exact) mass is 462 g/mol. The Morgan fingerprint density at radius 3 is 2.53 bits per heavy atom. The first-order chi connectivity index (χ1) is 16.3. The van der Waals surface area contributed by atoms with Gasteiger partial charge in [-0.2, -0.15) is 0 Å². The predicted molar refractivity (Wildman–Crippen MR) is 122 cm³/mol. The average Bonchev–Trinajstić information content (AvgIpc) is 3.40. The number of amides is 4. The number of anilines is 1. The first-order valence-corrected chi connectivity index (χ1v) is 11.2. The number of carbonyl (C=O) groups excluding carboxylic acids is 4. The Morgan fingerprint density at radius 2 is 1.85 bits per heavy atom. The molecular formula is C25H26N4O5. The first-order valence-electron chi connectivity index (χ1n) is 11.2. The summed E-state index contributed by atoms with van der Waals surface area (Å²) in [6, 6.07) is 12.1. The third-order valence-electron chi connectivity index (χ3n) is 7.25. The van der Waals surface area contributed by atoms with Crippen molar-refractivity contribution in [1.82, 2.24) is 10.2 Å². The summed E-state index contributed by atoms with van der Waals surface area (Å²) in [6.45, 7) is 1.97. The lowest BCUT2D eigenvalue weighted by Gasteiger charge is -2.29. The SMILES string of the molecule is COc1ccc(CN2C(=O)[C@@H]3[C@H](CCC(N)=O)N[C@]4(C(=O)Nc5c(C)cccc54)[C@@H]3C2=O)cc1. The van der Waals surface area contributed by atoms with E-state index < -0.39 is 35.2 Å². The van der Waals surface area contributed by atoms with Crippen molar-refractivity contribution in [2.24, 2.45) is 17.6 Å². The van der Waals surface area contributed by atoms with Crippen LogP contribution in [0.15, 0.2) is 42.5 Å². The number of carbonyl (C=O) groups is 4. The van der Waals surface area contributed by atoms with Gasteiger partial charge in [0.2, 0.25) is 23.6 Å². The van der Waals surface area contributed by atoms with Gasteiger partial charge in [-0.05, 0) is 36.6 Å². The Balaban J connectivity index is 1.56. The van der Waals surface area contributed by atoms with E-state index in [1.807, 2.05) is 25.1 Å². The zero-order chi connectivity index (χ0) is 24.2. The molecule has 0 radical (unpaired) electrons. The van der Waals surface area contributed by atoms with Crippen LogP contribution in [-0.2, 0) is 31.3 Å². The summed E-state index contributed by atoms with van der Waals surface area (Å²) >= 11 is 0. The van der Waals surface area contributed by atoms with Crippen LogP contribution in [0.2, 0.25) is 0 Å². The highest BCUT2D eigenvalue weighted by molar-refractivity contribution is 6.15. The minimum atomic E-state index is -1.38.